The summed E-state index contributed by atoms with van der Waals surface area (Å²) in [5.74, 6) is 0.907. The number of hydrogen-bond donors (Lipinski definition) is 2. The van der Waals surface area contributed by atoms with E-state index in [1.807, 2.05) is 25.7 Å². The minimum atomic E-state index is -0.440. The number of nitrogens with one attached hydrogen (secondary N) is 2. The topological polar surface area (TPSA) is 70.2 Å². The predicted octanol–water partition coefficient (Wildman–Crippen LogP) is 3.00. The number of aromatic amines is 1. The maximum atomic E-state index is 12.2. The van der Waals surface area contributed by atoms with Crippen LogP contribution in [0.5, 0.6) is 0 Å². The van der Waals surface area contributed by atoms with Gasteiger partial charge in [-0.05, 0) is 47.0 Å². The number of anilines is 1. The minimum absolute atomic E-state index is 0.196. The smallest absolute Gasteiger partial charge is 0.410 e. The molecule has 0 unspecified atom stereocenters. The number of imidazole rings is 1. The van der Waals surface area contributed by atoms with E-state index in [2.05, 4.69) is 22.2 Å². The van der Waals surface area contributed by atoms with Crippen LogP contribution in [0.15, 0.2) is 12.5 Å². The van der Waals surface area contributed by atoms with Crippen molar-refractivity contribution >= 4 is 11.9 Å². The zero-order valence-corrected chi connectivity index (χ0v) is 13.3. The fourth-order valence-electron chi connectivity index (χ4n) is 2.71. The van der Waals surface area contributed by atoms with Gasteiger partial charge in [-0.3, -0.25) is 0 Å². The molecule has 1 saturated heterocycles. The molecule has 1 amide bonds. The van der Waals surface area contributed by atoms with Gasteiger partial charge in [0.25, 0.3) is 0 Å². The molecule has 0 spiro atoms. The summed E-state index contributed by atoms with van der Waals surface area (Å²) in [6, 6.07) is 0.503. The maximum Gasteiger partial charge on any atom is 0.410 e. The second kappa shape index (κ2) is 6.37. The normalized spacial score (nSPS) is 20.4. The van der Waals surface area contributed by atoms with Crippen LogP contribution in [0.2, 0.25) is 0 Å². The number of hydrogen-bond acceptors (Lipinski definition) is 4. The van der Waals surface area contributed by atoms with Crippen molar-refractivity contribution in [3.63, 3.8) is 0 Å². The summed E-state index contributed by atoms with van der Waals surface area (Å²) in [5.41, 5.74) is -0.440. The Morgan fingerprint density at radius 3 is 3.00 bits per heavy atom. The van der Waals surface area contributed by atoms with Crippen LogP contribution in [0.3, 0.4) is 0 Å². The molecule has 2 N–H and O–H groups in total. The van der Waals surface area contributed by atoms with Crippen LogP contribution in [0.4, 0.5) is 10.6 Å². The second-order valence-electron chi connectivity index (χ2n) is 6.72. The Kier molecular flexibility index (Phi) is 4.75. The van der Waals surface area contributed by atoms with Crippen LogP contribution >= 0.6 is 0 Å². The standard InChI is InChI=1S/C15H26N4O2/c1-11(18-13-9-16-10-17-13)8-12-6-5-7-19(12)14(20)21-15(2,3)4/h9-12,18H,5-8H2,1-4H3,(H,16,17)/t11-,12+/m1/s1. The third-order valence-corrected chi connectivity index (χ3v) is 3.53. The Morgan fingerprint density at radius 1 is 1.62 bits per heavy atom. The summed E-state index contributed by atoms with van der Waals surface area (Å²) in [6.07, 6.45) is 6.19. The van der Waals surface area contributed by atoms with Crippen molar-refractivity contribution in [1.82, 2.24) is 14.9 Å². The highest BCUT2D eigenvalue weighted by Crippen LogP contribution is 2.24. The van der Waals surface area contributed by atoms with Crippen LogP contribution < -0.4 is 5.32 Å². The van der Waals surface area contributed by atoms with Crippen LogP contribution in [0.25, 0.3) is 0 Å². The van der Waals surface area contributed by atoms with Gasteiger partial charge in [-0.15, -0.1) is 0 Å². The van der Waals surface area contributed by atoms with E-state index >= 15 is 0 Å². The van der Waals surface area contributed by atoms with Gasteiger partial charge in [-0.2, -0.15) is 0 Å². The number of amides is 1. The monoisotopic (exact) mass is 294 g/mol. The highest BCUT2D eigenvalue weighted by Gasteiger charge is 2.32. The van der Waals surface area contributed by atoms with Crippen molar-refractivity contribution in [3.05, 3.63) is 12.5 Å². The zero-order chi connectivity index (χ0) is 15.5. The first-order valence-corrected chi connectivity index (χ1v) is 7.59. The lowest BCUT2D eigenvalue weighted by Gasteiger charge is -2.30. The van der Waals surface area contributed by atoms with Gasteiger partial charge in [0.1, 0.15) is 11.4 Å². The quantitative estimate of drug-likeness (QED) is 0.895. The van der Waals surface area contributed by atoms with Crippen LogP contribution in [0.1, 0.15) is 47.0 Å². The van der Waals surface area contributed by atoms with Gasteiger partial charge in [-0.1, -0.05) is 0 Å². The van der Waals surface area contributed by atoms with Crippen molar-refractivity contribution in [3.8, 4) is 0 Å². The highest BCUT2D eigenvalue weighted by atomic mass is 16.6. The third-order valence-electron chi connectivity index (χ3n) is 3.53. The van der Waals surface area contributed by atoms with Gasteiger partial charge in [0.15, 0.2) is 0 Å². The summed E-state index contributed by atoms with van der Waals surface area (Å²) >= 11 is 0. The number of carbonyl (C=O) groups excluding carboxylic acids is 1. The number of likely N-dealkylation sites (tertiary alicyclic amines) is 1. The lowest BCUT2D eigenvalue weighted by molar-refractivity contribution is 0.0218. The van der Waals surface area contributed by atoms with Crippen LogP contribution in [-0.2, 0) is 4.74 Å². The first-order chi connectivity index (χ1) is 9.85. The lowest BCUT2D eigenvalue weighted by atomic mass is 10.1. The average molecular weight is 294 g/mol. The van der Waals surface area contributed by atoms with Gasteiger partial charge in [-0.25, -0.2) is 9.78 Å². The molecule has 0 radical (unpaired) electrons. The SMILES string of the molecule is C[C@H](C[C@@H]1CCCN1C(=O)OC(C)(C)C)Nc1cnc[nH]1. The summed E-state index contributed by atoms with van der Waals surface area (Å²) in [5, 5.41) is 3.36. The van der Waals surface area contributed by atoms with Gasteiger partial charge in [0.2, 0.25) is 0 Å². The van der Waals surface area contributed by atoms with E-state index in [0.717, 1.165) is 31.6 Å². The molecule has 0 aromatic carbocycles. The number of rotatable bonds is 4. The van der Waals surface area contributed by atoms with E-state index in [1.54, 1.807) is 12.5 Å². The number of aromatic nitrogens is 2. The predicted molar refractivity (Wildman–Crippen MR) is 82.3 cm³/mol. The molecule has 0 aliphatic carbocycles. The molecule has 2 rings (SSSR count). The summed E-state index contributed by atoms with van der Waals surface area (Å²) in [6.45, 7) is 8.61. The zero-order valence-electron chi connectivity index (χ0n) is 13.3. The molecule has 118 valence electrons. The largest absolute Gasteiger partial charge is 0.444 e. The van der Waals surface area contributed by atoms with Crippen molar-refractivity contribution < 1.29 is 9.53 Å². The molecule has 6 nitrogen and oxygen atoms in total. The molecule has 2 heterocycles. The summed E-state index contributed by atoms with van der Waals surface area (Å²) in [7, 11) is 0. The van der Waals surface area contributed by atoms with Crippen molar-refractivity contribution in [2.45, 2.75) is 64.6 Å². The second-order valence-corrected chi connectivity index (χ2v) is 6.72. The molecule has 0 bridgehead atoms. The van der Waals surface area contributed by atoms with Crippen LogP contribution in [0, 0.1) is 0 Å². The molecule has 1 fully saturated rings. The number of H-pyrrole nitrogens is 1. The van der Waals surface area contributed by atoms with Crippen molar-refractivity contribution in [2.75, 3.05) is 11.9 Å². The Balaban J connectivity index is 1.88. The number of nitrogens with zero attached hydrogens (tertiary/aromatic N) is 2. The molecular weight excluding hydrogens is 268 g/mol. The fourth-order valence-corrected chi connectivity index (χ4v) is 2.71. The molecular formula is C15H26N4O2. The number of carbonyl (C=O) groups is 1. The Labute approximate surface area is 126 Å². The molecule has 1 aliphatic heterocycles. The van der Waals surface area contributed by atoms with E-state index in [-0.39, 0.29) is 18.2 Å². The summed E-state index contributed by atoms with van der Waals surface area (Å²) < 4.78 is 5.49. The average Bonchev–Trinajstić information content (AvgIpc) is 2.97. The minimum Gasteiger partial charge on any atom is -0.444 e. The van der Waals surface area contributed by atoms with Gasteiger partial charge in [0.05, 0.1) is 12.5 Å². The van der Waals surface area contributed by atoms with Crippen LogP contribution in [-0.4, -0.2) is 45.2 Å². The molecule has 6 heteroatoms. The van der Waals surface area contributed by atoms with E-state index in [1.165, 1.54) is 0 Å². The Bertz CT molecular complexity index is 453. The Hall–Kier alpha value is -1.72. The Morgan fingerprint density at radius 2 is 2.38 bits per heavy atom. The molecule has 1 aliphatic rings. The van der Waals surface area contributed by atoms with E-state index in [9.17, 15) is 4.79 Å². The van der Waals surface area contributed by atoms with E-state index in [0.29, 0.717) is 0 Å². The molecule has 21 heavy (non-hydrogen) atoms. The first kappa shape index (κ1) is 15.7. The van der Waals surface area contributed by atoms with Gasteiger partial charge in [0, 0.05) is 18.6 Å². The van der Waals surface area contributed by atoms with Crippen molar-refractivity contribution in [1.29, 1.82) is 0 Å². The summed E-state index contributed by atoms with van der Waals surface area (Å²) in [4.78, 5) is 21.1. The van der Waals surface area contributed by atoms with E-state index < -0.39 is 5.60 Å². The van der Waals surface area contributed by atoms with Gasteiger partial charge >= 0.3 is 6.09 Å². The fraction of sp³-hybridized carbons (Fsp3) is 0.733. The highest BCUT2D eigenvalue weighted by molar-refractivity contribution is 5.69. The maximum absolute atomic E-state index is 12.2. The third kappa shape index (κ3) is 4.65. The molecule has 1 aromatic rings. The van der Waals surface area contributed by atoms with Crippen molar-refractivity contribution in [2.24, 2.45) is 0 Å². The molecule has 0 saturated carbocycles. The van der Waals surface area contributed by atoms with E-state index in [4.69, 9.17) is 4.74 Å². The van der Waals surface area contributed by atoms with Gasteiger partial charge < -0.3 is 19.9 Å². The number of ether oxygens (including phenoxy) is 1. The lowest BCUT2D eigenvalue weighted by Crippen LogP contribution is -2.41. The molecule has 1 aromatic heterocycles. The first-order valence-electron chi connectivity index (χ1n) is 7.59. The molecule has 2 atom stereocenters.